The van der Waals surface area contributed by atoms with Gasteiger partial charge in [0.15, 0.2) is 17.5 Å². The van der Waals surface area contributed by atoms with E-state index in [1.165, 1.54) is 26.4 Å². The Labute approximate surface area is 237 Å². The highest BCUT2D eigenvalue weighted by molar-refractivity contribution is 7.99. The van der Waals surface area contributed by atoms with Gasteiger partial charge in [0, 0.05) is 29.6 Å². The van der Waals surface area contributed by atoms with E-state index in [2.05, 4.69) is 9.71 Å². The summed E-state index contributed by atoms with van der Waals surface area (Å²) in [5, 5.41) is 22.7. The quantitative estimate of drug-likeness (QED) is 0.0926. The topological polar surface area (TPSA) is 234 Å². The van der Waals surface area contributed by atoms with Crippen LogP contribution in [-0.4, -0.2) is 87.7 Å². The largest absolute Gasteiger partial charge is 0.493 e. The lowest BCUT2D eigenvalue weighted by Gasteiger charge is -2.26. The molecule has 0 heterocycles. The molecule has 1 atom stereocenters. The van der Waals surface area contributed by atoms with Gasteiger partial charge in [-0.2, -0.15) is 16.5 Å². The average Bonchev–Trinajstić information content (AvgIpc) is 2.93. The van der Waals surface area contributed by atoms with E-state index in [4.69, 9.17) is 31.7 Å². The fourth-order valence-electron chi connectivity index (χ4n) is 3.68. The Hall–Kier alpha value is -3.81. The highest BCUT2D eigenvalue weighted by Crippen LogP contribution is 2.33. The Morgan fingerprint density at radius 2 is 1.75 bits per heavy atom. The van der Waals surface area contributed by atoms with Gasteiger partial charge in [-0.15, -0.1) is 0 Å². The van der Waals surface area contributed by atoms with Gasteiger partial charge in [0.25, 0.3) is 0 Å². The maximum atomic E-state index is 13.4. The number of nitrogens with zero attached hydrogens (tertiary/aromatic N) is 4. The van der Waals surface area contributed by atoms with Gasteiger partial charge >= 0.3 is 5.97 Å². The molecule has 0 radical (unpaired) electrons. The number of amides is 1. The lowest BCUT2D eigenvalue weighted by molar-refractivity contribution is -0.145. The van der Waals surface area contributed by atoms with Gasteiger partial charge in [-0.05, 0) is 53.6 Å². The number of carboxylic acids is 1. The summed E-state index contributed by atoms with van der Waals surface area (Å²) in [6.45, 7) is 1.74. The number of hydrogen-bond acceptors (Lipinski definition) is 10. The Kier molecular flexibility index (Phi) is 14.5. The number of rotatable bonds is 16. The van der Waals surface area contributed by atoms with Gasteiger partial charge < -0.3 is 30.9 Å². The standard InChI is InChI=1S/C24H35N5O7S2.N2/c1-4-37-11-10-29(15-22(30)31)23(32)19(6-5-9-27-24(25)26)28-38(33,34)18-8-7-16-13-20(35-2)21(36-3)14-17(16)12-18;1-2/h7-8,12-14,19,28H,4-6,9-11,15H2,1-3H3,(H,30,31)(H4,25,26,27);/t19-;/m0./s1. The molecule has 6 N–H and O–H groups in total. The summed E-state index contributed by atoms with van der Waals surface area (Å²) in [6, 6.07) is 6.68. The number of nitrogens with one attached hydrogen (secondary N) is 1. The summed E-state index contributed by atoms with van der Waals surface area (Å²) in [7, 11) is -1.20. The van der Waals surface area contributed by atoms with E-state index in [-0.39, 0.29) is 36.8 Å². The van der Waals surface area contributed by atoms with Gasteiger partial charge in [-0.3, -0.25) is 14.6 Å². The predicted molar refractivity (Wildman–Crippen MR) is 152 cm³/mol. The van der Waals surface area contributed by atoms with E-state index in [0.29, 0.717) is 22.6 Å². The molecule has 0 unspecified atom stereocenters. The first-order valence-electron chi connectivity index (χ1n) is 12.0. The van der Waals surface area contributed by atoms with Gasteiger partial charge in [0.05, 0.1) is 19.1 Å². The third-order valence-corrected chi connectivity index (χ3v) is 7.86. The molecule has 2 aromatic carbocycles. The predicted octanol–water partition coefficient (Wildman–Crippen LogP) is 1.25. The van der Waals surface area contributed by atoms with Crippen LogP contribution in [0.5, 0.6) is 11.5 Å². The molecule has 2 rings (SSSR count). The van der Waals surface area contributed by atoms with Crippen LogP contribution in [0, 0.1) is 10.8 Å². The van der Waals surface area contributed by atoms with Crippen molar-refractivity contribution in [1.29, 1.82) is 10.8 Å². The van der Waals surface area contributed by atoms with Crippen LogP contribution in [0.3, 0.4) is 0 Å². The molecule has 0 aromatic heterocycles. The SMILES string of the molecule is CCSCCN(CC(=O)O)C(=O)[C@H](CCCN=C(N)N)NS(=O)(=O)c1ccc2cc(OC)c(OC)cc2c1.N#N. The van der Waals surface area contributed by atoms with E-state index < -0.39 is 34.5 Å². The lowest BCUT2D eigenvalue weighted by Crippen LogP contribution is -2.50. The van der Waals surface area contributed by atoms with Gasteiger partial charge in [-0.25, -0.2) is 8.42 Å². The molecular formula is C24H35N7O7S2. The second-order valence-corrected chi connectivity index (χ2v) is 11.3. The molecule has 0 aliphatic heterocycles. The smallest absolute Gasteiger partial charge is 0.323 e. The molecule has 0 fully saturated rings. The number of carboxylic acid groups (broad SMARTS) is 1. The van der Waals surface area contributed by atoms with Crippen molar-refractivity contribution in [2.24, 2.45) is 16.5 Å². The number of fused-ring (bicyclic) bond motifs is 1. The molecule has 0 saturated heterocycles. The molecular weight excluding hydrogens is 562 g/mol. The van der Waals surface area contributed by atoms with Gasteiger partial charge in [0.2, 0.25) is 15.9 Å². The molecule has 14 nitrogen and oxygen atoms in total. The zero-order valence-corrected chi connectivity index (χ0v) is 24.2. The minimum Gasteiger partial charge on any atom is -0.493 e. The Morgan fingerprint density at radius 3 is 2.30 bits per heavy atom. The minimum absolute atomic E-state index is 0.0600. The first-order chi connectivity index (χ1) is 19.0. The number of carbonyl (C=O) groups is 2. The van der Waals surface area contributed by atoms with Crippen molar-refractivity contribution >= 4 is 50.4 Å². The monoisotopic (exact) mass is 597 g/mol. The summed E-state index contributed by atoms with van der Waals surface area (Å²) < 4.78 is 39.9. The molecule has 40 heavy (non-hydrogen) atoms. The first kappa shape index (κ1) is 34.2. The maximum absolute atomic E-state index is 13.4. The highest BCUT2D eigenvalue weighted by Gasteiger charge is 2.30. The summed E-state index contributed by atoms with van der Waals surface area (Å²) in [5.74, 6) is 0.289. The third kappa shape index (κ3) is 10.4. The van der Waals surface area contributed by atoms with E-state index >= 15 is 0 Å². The highest BCUT2D eigenvalue weighted by atomic mass is 32.2. The van der Waals surface area contributed by atoms with E-state index in [9.17, 15) is 23.1 Å². The van der Waals surface area contributed by atoms with Crippen molar-refractivity contribution in [1.82, 2.24) is 9.62 Å². The molecule has 1 amide bonds. The van der Waals surface area contributed by atoms with Crippen molar-refractivity contribution in [3.05, 3.63) is 30.3 Å². The second kappa shape index (κ2) is 17.0. The number of ether oxygens (including phenoxy) is 2. The van der Waals surface area contributed by atoms with Crippen molar-refractivity contribution in [3.8, 4) is 11.5 Å². The summed E-state index contributed by atoms with van der Waals surface area (Å²) in [6.07, 6.45) is 0.348. The van der Waals surface area contributed by atoms with Crippen LogP contribution in [0.15, 0.2) is 40.2 Å². The van der Waals surface area contributed by atoms with Crippen molar-refractivity contribution in [3.63, 3.8) is 0 Å². The molecule has 0 aliphatic carbocycles. The molecule has 2 aromatic rings. The van der Waals surface area contributed by atoms with E-state index in [0.717, 1.165) is 16.0 Å². The fraction of sp³-hybridized carbons (Fsp3) is 0.458. The second-order valence-electron chi connectivity index (χ2n) is 8.19. The van der Waals surface area contributed by atoms with Crippen LogP contribution in [0.25, 0.3) is 10.8 Å². The van der Waals surface area contributed by atoms with Crippen molar-refractivity contribution < 1.29 is 32.6 Å². The zero-order chi connectivity index (χ0) is 30.3. The molecule has 0 bridgehead atoms. The van der Waals surface area contributed by atoms with Crippen LogP contribution >= 0.6 is 11.8 Å². The van der Waals surface area contributed by atoms with Crippen LogP contribution in [-0.2, 0) is 19.6 Å². The number of sulfonamides is 1. The van der Waals surface area contributed by atoms with Crippen molar-refractivity contribution in [2.75, 3.05) is 45.4 Å². The normalized spacial score (nSPS) is 11.5. The Balaban J connectivity index is 0.00000391. The van der Waals surface area contributed by atoms with Crippen molar-refractivity contribution in [2.45, 2.75) is 30.7 Å². The number of benzene rings is 2. The molecule has 16 heteroatoms. The lowest BCUT2D eigenvalue weighted by atomic mass is 10.1. The molecule has 220 valence electrons. The van der Waals surface area contributed by atoms with Crippen LogP contribution in [0.4, 0.5) is 0 Å². The molecule has 0 saturated carbocycles. The summed E-state index contributed by atoms with van der Waals surface area (Å²) in [4.78, 5) is 29.8. The number of carbonyl (C=O) groups excluding carboxylic acids is 1. The summed E-state index contributed by atoms with van der Waals surface area (Å²) >= 11 is 1.54. The summed E-state index contributed by atoms with van der Waals surface area (Å²) in [5.41, 5.74) is 10.7. The Bertz CT molecular complexity index is 1300. The van der Waals surface area contributed by atoms with Gasteiger partial charge in [-0.1, -0.05) is 13.0 Å². The number of hydrogen-bond donors (Lipinski definition) is 4. The fourth-order valence-corrected chi connectivity index (χ4v) is 5.58. The number of thioether (sulfide) groups is 1. The van der Waals surface area contributed by atoms with E-state index in [1.807, 2.05) is 6.92 Å². The van der Waals surface area contributed by atoms with Crippen LogP contribution in [0.1, 0.15) is 19.8 Å². The number of nitrogens with two attached hydrogens (primary N) is 2. The number of aliphatic imine (C=N–C) groups is 1. The average molecular weight is 598 g/mol. The van der Waals surface area contributed by atoms with Crippen LogP contribution < -0.4 is 25.7 Å². The number of methoxy groups -OCH3 is 2. The van der Waals surface area contributed by atoms with Crippen LogP contribution in [0.2, 0.25) is 0 Å². The molecule has 0 aliphatic rings. The Morgan fingerprint density at radius 1 is 1.12 bits per heavy atom. The number of aliphatic carboxylic acids is 1. The van der Waals surface area contributed by atoms with Gasteiger partial charge in [0.1, 0.15) is 12.6 Å². The molecule has 0 spiro atoms. The first-order valence-corrected chi connectivity index (χ1v) is 14.7. The number of guanidine groups is 1. The minimum atomic E-state index is -4.18. The maximum Gasteiger partial charge on any atom is 0.323 e. The zero-order valence-electron chi connectivity index (χ0n) is 22.6. The third-order valence-electron chi connectivity index (χ3n) is 5.51. The van der Waals surface area contributed by atoms with E-state index in [1.54, 1.807) is 30.0 Å².